The van der Waals surface area contributed by atoms with Crippen molar-refractivity contribution in [3.8, 4) is 6.07 Å². The number of hydrogen-bond acceptors (Lipinski definition) is 9. The molecule has 1 amide bonds. The van der Waals surface area contributed by atoms with Crippen LogP contribution in [0.1, 0.15) is 33.7 Å². The van der Waals surface area contributed by atoms with Crippen LogP contribution in [0.15, 0.2) is 74.4 Å². The minimum atomic E-state index is -3.66. The molecule has 2 fully saturated rings. The van der Waals surface area contributed by atoms with Gasteiger partial charge in [-0.1, -0.05) is 12.1 Å². The first-order valence-electron chi connectivity index (χ1n) is 14.6. The highest BCUT2D eigenvalue weighted by molar-refractivity contribution is 9.11. The van der Waals surface area contributed by atoms with Crippen LogP contribution in [-0.2, 0) is 41.8 Å². The molecule has 4 aromatic rings. The maximum Gasteiger partial charge on any atom is 0.256 e. The number of aliphatic imine (C=N–C) groups is 1. The van der Waals surface area contributed by atoms with Crippen LogP contribution in [0.4, 0.5) is 0 Å². The number of fused-ring (bicyclic) bond motifs is 1. The molecule has 0 radical (unpaired) electrons. The Morgan fingerprint density at radius 3 is 2.13 bits per heavy atom. The zero-order valence-electron chi connectivity index (χ0n) is 24.9. The van der Waals surface area contributed by atoms with Crippen molar-refractivity contribution in [3.63, 3.8) is 0 Å². The van der Waals surface area contributed by atoms with Crippen molar-refractivity contribution >= 4 is 54.8 Å². The van der Waals surface area contributed by atoms with Gasteiger partial charge < -0.3 is 9.13 Å². The van der Waals surface area contributed by atoms with E-state index in [4.69, 9.17) is 4.99 Å². The smallest absolute Gasteiger partial charge is 0.256 e. The fourth-order valence-electron chi connectivity index (χ4n) is 6.70. The van der Waals surface area contributed by atoms with Gasteiger partial charge in [0.15, 0.2) is 11.3 Å². The molecule has 1 saturated heterocycles. The summed E-state index contributed by atoms with van der Waals surface area (Å²) in [5.41, 5.74) is 1.23. The van der Waals surface area contributed by atoms with Crippen LogP contribution < -0.4 is 0 Å². The van der Waals surface area contributed by atoms with Crippen molar-refractivity contribution in [2.75, 3.05) is 13.1 Å². The van der Waals surface area contributed by atoms with Crippen molar-refractivity contribution < 1.29 is 18.0 Å². The molecule has 3 aromatic heterocycles. The molecule has 1 saturated carbocycles. The SMILES string of the molecule is Cn1cncc1CC1(Cc2cncn2C)N=C(CC(=O)c2ccc(C#N)cc2)N(C2[C@H]3CN(S(=O)(=O)c4ccc(Br)s4)C[C@H]23)C1=O. The lowest BCUT2D eigenvalue weighted by molar-refractivity contribution is -0.132. The number of sulfonamides is 1. The van der Waals surface area contributed by atoms with Crippen molar-refractivity contribution in [2.24, 2.45) is 30.9 Å². The predicted molar refractivity (Wildman–Crippen MR) is 172 cm³/mol. The van der Waals surface area contributed by atoms with Crippen LogP contribution in [-0.4, -0.2) is 78.9 Å². The summed E-state index contributed by atoms with van der Waals surface area (Å²) < 4.78 is 33.0. The summed E-state index contributed by atoms with van der Waals surface area (Å²) >= 11 is 4.52. The molecule has 3 aliphatic rings. The normalized spacial score (nSPS) is 22.1. The van der Waals surface area contributed by atoms with Crippen LogP contribution in [0.25, 0.3) is 0 Å². The van der Waals surface area contributed by atoms with Gasteiger partial charge in [-0.2, -0.15) is 9.57 Å². The molecule has 15 heteroatoms. The molecule has 0 N–H and O–H groups in total. The number of hydrogen-bond donors (Lipinski definition) is 0. The molecule has 2 atom stereocenters. The van der Waals surface area contributed by atoms with E-state index in [1.165, 1.54) is 15.6 Å². The van der Waals surface area contributed by atoms with Gasteiger partial charge in [0.05, 0.1) is 34.5 Å². The highest BCUT2D eigenvalue weighted by Gasteiger charge is 2.65. The highest BCUT2D eigenvalue weighted by Crippen LogP contribution is 2.53. The van der Waals surface area contributed by atoms with E-state index in [0.29, 0.717) is 17.0 Å². The van der Waals surface area contributed by atoms with Gasteiger partial charge in [-0.05, 0) is 40.2 Å². The van der Waals surface area contributed by atoms with Gasteiger partial charge in [-0.3, -0.25) is 19.5 Å². The third kappa shape index (κ3) is 5.23. The number of halogens is 1. The van der Waals surface area contributed by atoms with E-state index in [-0.39, 0.29) is 66.1 Å². The molecule has 2 aliphatic heterocycles. The summed E-state index contributed by atoms with van der Waals surface area (Å²) in [5.74, 6) is -0.229. The number of nitriles is 1. The molecule has 5 heterocycles. The number of imidazole rings is 2. The fourth-order valence-corrected chi connectivity index (χ4v) is 10.4. The van der Waals surface area contributed by atoms with Crippen molar-refractivity contribution in [2.45, 2.75) is 35.1 Å². The topological polar surface area (TPSA) is 147 Å². The monoisotopic (exact) mass is 720 g/mol. The minimum absolute atomic E-state index is 0.0819. The number of piperidine rings is 1. The van der Waals surface area contributed by atoms with Crippen LogP contribution in [0.3, 0.4) is 0 Å². The van der Waals surface area contributed by atoms with Crippen LogP contribution in [0.5, 0.6) is 0 Å². The van der Waals surface area contributed by atoms with Crippen LogP contribution in [0.2, 0.25) is 0 Å². The molecule has 0 spiro atoms. The van der Waals surface area contributed by atoms with E-state index in [0.717, 1.165) is 15.2 Å². The zero-order chi connectivity index (χ0) is 32.4. The second-order valence-electron chi connectivity index (χ2n) is 12.1. The number of Topliss-reactive ketones (excluding diaryl/α,β-unsaturated/α-hetero) is 1. The predicted octanol–water partition coefficient (Wildman–Crippen LogP) is 3.21. The minimum Gasteiger partial charge on any atom is -0.338 e. The van der Waals surface area contributed by atoms with Gasteiger partial charge in [0, 0.05) is 87.2 Å². The quantitative estimate of drug-likeness (QED) is 0.229. The van der Waals surface area contributed by atoms with Gasteiger partial charge in [0.2, 0.25) is 0 Å². The maximum absolute atomic E-state index is 14.8. The first-order valence-corrected chi connectivity index (χ1v) is 17.7. The molecule has 1 aliphatic carbocycles. The molecule has 236 valence electrons. The van der Waals surface area contributed by atoms with Gasteiger partial charge >= 0.3 is 0 Å². The number of amidine groups is 1. The van der Waals surface area contributed by atoms with Crippen LogP contribution in [0, 0.1) is 23.2 Å². The molecule has 46 heavy (non-hydrogen) atoms. The third-order valence-electron chi connectivity index (χ3n) is 9.23. The Balaban J connectivity index is 1.23. The number of carbonyl (C=O) groups excluding carboxylic acids is 2. The number of aromatic nitrogens is 4. The van der Waals surface area contributed by atoms with Gasteiger partial charge in [-0.25, -0.2) is 18.4 Å². The molecule has 12 nitrogen and oxygen atoms in total. The van der Waals surface area contributed by atoms with E-state index in [1.807, 2.05) is 23.2 Å². The van der Waals surface area contributed by atoms with Gasteiger partial charge in [0.25, 0.3) is 15.9 Å². The number of rotatable bonds is 10. The number of carbonyl (C=O) groups is 2. The van der Waals surface area contributed by atoms with E-state index in [2.05, 4.69) is 32.0 Å². The Labute approximate surface area is 278 Å². The van der Waals surface area contributed by atoms with E-state index < -0.39 is 15.6 Å². The Bertz CT molecular complexity index is 1990. The van der Waals surface area contributed by atoms with Crippen LogP contribution >= 0.6 is 27.3 Å². The summed E-state index contributed by atoms with van der Waals surface area (Å²) in [6.45, 7) is 0.564. The number of amides is 1. The Hall–Kier alpha value is -3.97. The maximum atomic E-state index is 14.8. The first-order chi connectivity index (χ1) is 22.0. The Kier molecular flexibility index (Phi) is 7.58. The molecular weight excluding hydrogens is 692 g/mol. The Morgan fingerprint density at radius 2 is 1.63 bits per heavy atom. The first kappa shape index (κ1) is 30.7. The lowest BCUT2D eigenvalue weighted by atomic mass is 9.88. The van der Waals surface area contributed by atoms with Gasteiger partial charge in [-0.15, -0.1) is 11.3 Å². The summed E-state index contributed by atoms with van der Waals surface area (Å²) in [7, 11) is 0.0634. The summed E-state index contributed by atoms with van der Waals surface area (Å²) in [6, 6.07) is 11.5. The molecular formula is C31H29BrN8O4S2. The summed E-state index contributed by atoms with van der Waals surface area (Å²) in [6.07, 6.45) is 7.19. The average molecular weight is 722 g/mol. The lowest BCUT2D eigenvalue weighted by Gasteiger charge is -2.29. The van der Waals surface area contributed by atoms with E-state index in [1.54, 1.807) is 66.3 Å². The van der Waals surface area contributed by atoms with Crippen molar-refractivity contribution in [1.82, 2.24) is 28.3 Å². The number of benzene rings is 1. The molecule has 7 rings (SSSR count). The summed E-state index contributed by atoms with van der Waals surface area (Å²) in [4.78, 5) is 43.7. The van der Waals surface area contributed by atoms with E-state index >= 15 is 0 Å². The Morgan fingerprint density at radius 1 is 1.02 bits per heavy atom. The van der Waals surface area contributed by atoms with E-state index in [9.17, 15) is 23.3 Å². The average Bonchev–Trinajstić information content (AvgIpc) is 3.67. The molecule has 0 bridgehead atoms. The third-order valence-corrected chi connectivity index (χ3v) is 13.2. The second-order valence-corrected chi connectivity index (χ2v) is 16.7. The van der Waals surface area contributed by atoms with Crippen molar-refractivity contribution in [1.29, 1.82) is 5.26 Å². The number of thiophene rings is 1. The lowest BCUT2D eigenvalue weighted by Crippen LogP contribution is -2.49. The molecule has 1 aromatic carbocycles. The fraction of sp³-hybridized carbons (Fsp3) is 0.355. The van der Waals surface area contributed by atoms with Crippen molar-refractivity contribution in [3.05, 3.63) is 87.7 Å². The largest absolute Gasteiger partial charge is 0.338 e. The zero-order valence-corrected chi connectivity index (χ0v) is 28.2. The standard InChI is InChI=1S/C31H29BrN8O4S2/c1-37-17-34-13-21(37)10-31(11-22-14-35-18-38(22)2)30(42)40(27(36-31)9-25(41)20-5-3-19(12-33)4-6-20)29-23-15-39(16-24(23)29)46(43,44)28-8-7-26(32)45-28/h3-8,13-14,17-18,23-24,29H,9-11,15-16H2,1-2H3/t23-,24-/m0/s1. The van der Waals surface area contributed by atoms with Gasteiger partial charge in [0.1, 0.15) is 10.0 Å². The number of aryl methyl sites for hydroxylation is 2. The second kappa shape index (κ2) is 11.4. The highest BCUT2D eigenvalue weighted by atomic mass is 79.9. The molecule has 0 unspecified atom stereocenters. The number of ketones is 1. The summed E-state index contributed by atoms with van der Waals surface area (Å²) in [5, 5.41) is 9.20. The number of nitrogens with zero attached hydrogens (tertiary/aromatic N) is 8.